The molecule has 0 amide bonds. The number of rotatable bonds is 6. The average Bonchev–Trinajstić information content (AvgIpc) is 2.43. The highest BCUT2D eigenvalue weighted by Crippen LogP contribution is 2.07. The molecular weight excluding hydrogens is 232 g/mol. The standard InChI is InChI=1S/C13H16N2O3/c1-15-12(7-14)9-18-8-10-3-5-11(6-4-10)13(16)17-2/h3-6,12,15H,8-9H2,1-2H3. The number of benzene rings is 1. The SMILES string of the molecule is CNC(C#N)COCc1ccc(C(=O)OC)cc1. The number of nitriles is 1. The van der Waals surface area contributed by atoms with E-state index < -0.39 is 0 Å². The number of likely N-dealkylation sites (N-methyl/N-ethyl adjacent to an activating group) is 1. The molecule has 0 spiro atoms. The first kappa shape index (κ1) is 14.2. The lowest BCUT2D eigenvalue weighted by atomic mass is 10.1. The number of carbonyl (C=O) groups excluding carboxylic acids is 1. The third kappa shape index (κ3) is 4.17. The van der Waals surface area contributed by atoms with Gasteiger partial charge < -0.3 is 14.8 Å². The fraction of sp³-hybridized carbons (Fsp3) is 0.385. The van der Waals surface area contributed by atoms with E-state index in [1.807, 2.05) is 0 Å². The maximum atomic E-state index is 11.2. The molecule has 0 saturated heterocycles. The van der Waals surface area contributed by atoms with Crippen LogP contribution in [-0.4, -0.2) is 32.8 Å². The number of nitrogens with one attached hydrogen (secondary N) is 1. The van der Waals surface area contributed by atoms with Gasteiger partial charge in [0.1, 0.15) is 6.04 Å². The van der Waals surface area contributed by atoms with Crippen molar-refractivity contribution in [2.24, 2.45) is 0 Å². The topological polar surface area (TPSA) is 71.3 Å². The molecule has 0 heterocycles. The minimum atomic E-state index is -0.359. The van der Waals surface area contributed by atoms with Crippen molar-refractivity contribution in [1.82, 2.24) is 5.32 Å². The van der Waals surface area contributed by atoms with E-state index in [4.69, 9.17) is 10.00 Å². The maximum absolute atomic E-state index is 11.2. The molecule has 0 aliphatic heterocycles. The molecule has 1 atom stereocenters. The normalized spacial score (nSPS) is 11.6. The van der Waals surface area contributed by atoms with Gasteiger partial charge in [0, 0.05) is 0 Å². The zero-order chi connectivity index (χ0) is 13.4. The predicted molar refractivity (Wildman–Crippen MR) is 65.9 cm³/mol. The molecule has 0 aliphatic carbocycles. The van der Waals surface area contributed by atoms with Crippen molar-refractivity contribution in [2.75, 3.05) is 20.8 Å². The highest BCUT2D eigenvalue weighted by molar-refractivity contribution is 5.89. The quantitative estimate of drug-likeness (QED) is 0.763. The number of ether oxygens (including phenoxy) is 2. The van der Waals surface area contributed by atoms with Crippen molar-refractivity contribution in [1.29, 1.82) is 5.26 Å². The summed E-state index contributed by atoms with van der Waals surface area (Å²) >= 11 is 0. The summed E-state index contributed by atoms with van der Waals surface area (Å²) in [5.41, 5.74) is 1.45. The van der Waals surface area contributed by atoms with Gasteiger partial charge in [-0.1, -0.05) is 12.1 Å². The number of hydrogen-bond acceptors (Lipinski definition) is 5. The molecule has 0 saturated carbocycles. The number of nitrogens with zero attached hydrogens (tertiary/aromatic N) is 1. The third-order valence-corrected chi connectivity index (χ3v) is 2.43. The molecule has 0 fully saturated rings. The van der Waals surface area contributed by atoms with Crippen LogP contribution in [-0.2, 0) is 16.1 Å². The Bertz CT molecular complexity index is 423. The lowest BCUT2D eigenvalue weighted by molar-refractivity contribution is 0.0600. The molecule has 0 aliphatic rings. The van der Waals surface area contributed by atoms with Gasteiger partial charge in [-0.3, -0.25) is 0 Å². The monoisotopic (exact) mass is 248 g/mol. The van der Waals surface area contributed by atoms with Gasteiger partial charge in [-0.2, -0.15) is 5.26 Å². The Morgan fingerprint density at radius 3 is 2.61 bits per heavy atom. The largest absolute Gasteiger partial charge is 0.465 e. The first-order chi connectivity index (χ1) is 8.71. The first-order valence-electron chi connectivity index (χ1n) is 5.53. The van der Waals surface area contributed by atoms with E-state index >= 15 is 0 Å². The molecule has 18 heavy (non-hydrogen) atoms. The van der Waals surface area contributed by atoms with Crippen LogP contribution in [0, 0.1) is 11.3 Å². The van der Waals surface area contributed by atoms with Gasteiger partial charge in [-0.25, -0.2) is 4.79 Å². The van der Waals surface area contributed by atoms with Crippen LogP contribution in [0.1, 0.15) is 15.9 Å². The predicted octanol–water partition coefficient (Wildman–Crippen LogP) is 1.10. The van der Waals surface area contributed by atoms with Gasteiger partial charge in [0.15, 0.2) is 0 Å². The maximum Gasteiger partial charge on any atom is 0.337 e. The van der Waals surface area contributed by atoms with Crippen LogP contribution >= 0.6 is 0 Å². The van der Waals surface area contributed by atoms with E-state index in [0.29, 0.717) is 18.8 Å². The highest BCUT2D eigenvalue weighted by atomic mass is 16.5. The molecule has 0 radical (unpaired) electrons. The van der Waals surface area contributed by atoms with E-state index in [9.17, 15) is 4.79 Å². The Kier molecular flexibility index (Phi) is 5.85. The van der Waals surface area contributed by atoms with Crippen LogP contribution in [0.3, 0.4) is 0 Å². The van der Waals surface area contributed by atoms with E-state index in [1.165, 1.54) is 7.11 Å². The van der Waals surface area contributed by atoms with Crippen LogP contribution < -0.4 is 5.32 Å². The summed E-state index contributed by atoms with van der Waals surface area (Å²) in [6.07, 6.45) is 0. The van der Waals surface area contributed by atoms with Gasteiger partial charge in [0.05, 0.1) is 32.0 Å². The third-order valence-electron chi connectivity index (χ3n) is 2.43. The van der Waals surface area contributed by atoms with Crippen molar-refractivity contribution in [3.05, 3.63) is 35.4 Å². The summed E-state index contributed by atoms with van der Waals surface area (Å²) in [7, 11) is 3.06. The number of methoxy groups -OCH3 is 1. The van der Waals surface area contributed by atoms with E-state index in [0.717, 1.165) is 5.56 Å². The van der Waals surface area contributed by atoms with Gasteiger partial charge in [0.25, 0.3) is 0 Å². The van der Waals surface area contributed by atoms with E-state index in [-0.39, 0.29) is 12.0 Å². The van der Waals surface area contributed by atoms with E-state index in [2.05, 4.69) is 16.1 Å². The lowest BCUT2D eigenvalue weighted by Gasteiger charge is -2.08. The molecule has 96 valence electrons. The second kappa shape index (κ2) is 7.43. The van der Waals surface area contributed by atoms with Gasteiger partial charge in [0.2, 0.25) is 0 Å². The minimum Gasteiger partial charge on any atom is -0.465 e. The molecule has 5 heteroatoms. The van der Waals surface area contributed by atoms with E-state index in [1.54, 1.807) is 31.3 Å². The van der Waals surface area contributed by atoms with Crippen molar-refractivity contribution in [3.63, 3.8) is 0 Å². The van der Waals surface area contributed by atoms with Gasteiger partial charge in [-0.05, 0) is 24.7 Å². The van der Waals surface area contributed by atoms with Crippen LogP contribution in [0.5, 0.6) is 0 Å². The van der Waals surface area contributed by atoms with Gasteiger partial charge >= 0.3 is 5.97 Å². The molecule has 1 aromatic carbocycles. The lowest BCUT2D eigenvalue weighted by Crippen LogP contribution is -2.28. The summed E-state index contributed by atoms with van der Waals surface area (Å²) in [4.78, 5) is 11.2. The Balaban J connectivity index is 2.45. The van der Waals surface area contributed by atoms with Crippen molar-refractivity contribution in [2.45, 2.75) is 12.6 Å². The van der Waals surface area contributed by atoms with Gasteiger partial charge in [-0.15, -0.1) is 0 Å². The Hall–Kier alpha value is -1.90. The Morgan fingerprint density at radius 1 is 1.44 bits per heavy atom. The molecule has 1 rings (SSSR count). The summed E-state index contributed by atoms with van der Waals surface area (Å²) < 4.78 is 9.99. The molecule has 5 nitrogen and oxygen atoms in total. The average molecular weight is 248 g/mol. The fourth-order valence-corrected chi connectivity index (χ4v) is 1.33. The van der Waals surface area contributed by atoms with Crippen molar-refractivity contribution < 1.29 is 14.3 Å². The van der Waals surface area contributed by atoms with Crippen LogP contribution in [0.4, 0.5) is 0 Å². The molecule has 1 aromatic rings. The van der Waals surface area contributed by atoms with Crippen molar-refractivity contribution >= 4 is 5.97 Å². The second-order valence-corrected chi connectivity index (χ2v) is 3.67. The molecule has 1 N–H and O–H groups in total. The van der Waals surface area contributed by atoms with Crippen LogP contribution in [0.2, 0.25) is 0 Å². The minimum absolute atomic E-state index is 0.306. The smallest absolute Gasteiger partial charge is 0.337 e. The Labute approximate surface area is 106 Å². The summed E-state index contributed by atoms with van der Waals surface area (Å²) in [6.45, 7) is 0.729. The van der Waals surface area contributed by atoms with Crippen molar-refractivity contribution in [3.8, 4) is 6.07 Å². The summed E-state index contributed by atoms with van der Waals surface area (Å²) in [5.74, 6) is -0.359. The number of hydrogen-bond donors (Lipinski definition) is 1. The fourth-order valence-electron chi connectivity index (χ4n) is 1.33. The Morgan fingerprint density at radius 2 is 2.11 bits per heavy atom. The number of carbonyl (C=O) groups is 1. The van der Waals surface area contributed by atoms with Crippen LogP contribution in [0.15, 0.2) is 24.3 Å². The zero-order valence-corrected chi connectivity index (χ0v) is 10.5. The molecule has 1 unspecified atom stereocenters. The zero-order valence-electron chi connectivity index (χ0n) is 10.5. The molecule has 0 bridgehead atoms. The summed E-state index contributed by atoms with van der Waals surface area (Å²) in [5, 5.41) is 11.5. The second-order valence-electron chi connectivity index (χ2n) is 3.67. The highest BCUT2D eigenvalue weighted by Gasteiger charge is 2.06. The first-order valence-corrected chi connectivity index (χ1v) is 5.53. The number of esters is 1. The summed E-state index contributed by atoms with van der Waals surface area (Å²) in [6, 6.07) is 8.73. The van der Waals surface area contributed by atoms with Crippen LogP contribution in [0.25, 0.3) is 0 Å². The molecular formula is C13H16N2O3. The molecule has 0 aromatic heterocycles.